The molecule has 0 unspecified atom stereocenters. The van der Waals surface area contributed by atoms with Gasteiger partial charge in [-0.25, -0.2) is 23.5 Å². The Bertz CT molecular complexity index is 1980. The number of fused-ring (bicyclic) bond motifs is 1. The van der Waals surface area contributed by atoms with Crippen molar-refractivity contribution in [1.82, 2.24) is 14.5 Å². The van der Waals surface area contributed by atoms with Crippen LogP contribution in [0.4, 0.5) is 8.78 Å². The average molecular weight is 611 g/mol. The van der Waals surface area contributed by atoms with Crippen molar-refractivity contribution in [2.24, 2.45) is 0 Å². The van der Waals surface area contributed by atoms with Crippen molar-refractivity contribution in [2.75, 3.05) is 13.7 Å². The van der Waals surface area contributed by atoms with Gasteiger partial charge in [-0.2, -0.15) is 5.26 Å². The fraction of sp³-hybridized carbons (Fsp3) is 0.235. The first kappa shape index (κ1) is 29.7. The minimum Gasteiger partial charge on any atom is -0.494 e. The summed E-state index contributed by atoms with van der Waals surface area (Å²) in [7, 11) is 1.42. The van der Waals surface area contributed by atoms with Crippen molar-refractivity contribution in [2.45, 2.75) is 39.0 Å². The van der Waals surface area contributed by atoms with Crippen LogP contribution in [0, 0.1) is 29.9 Å². The fourth-order valence-corrected chi connectivity index (χ4v) is 5.30. The number of aromatic carboxylic acids is 1. The van der Waals surface area contributed by atoms with Gasteiger partial charge in [0.25, 0.3) is 0 Å². The van der Waals surface area contributed by atoms with Crippen LogP contribution >= 0.6 is 0 Å². The number of rotatable bonds is 10. The van der Waals surface area contributed by atoms with E-state index in [1.807, 2.05) is 6.92 Å². The first-order valence-corrected chi connectivity index (χ1v) is 14.2. The highest BCUT2D eigenvalue weighted by atomic mass is 19.1. The minimum absolute atomic E-state index is 0.0221. The molecule has 0 amide bonds. The molecule has 5 aromatic rings. The van der Waals surface area contributed by atoms with Crippen molar-refractivity contribution in [3.05, 3.63) is 106 Å². The predicted molar refractivity (Wildman–Crippen MR) is 160 cm³/mol. The van der Waals surface area contributed by atoms with Gasteiger partial charge < -0.3 is 23.9 Å². The third kappa shape index (κ3) is 6.05. The van der Waals surface area contributed by atoms with E-state index in [4.69, 9.17) is 19.5 Å². The summed E-state index contributed by atoms with van der Waals surface area (Å²) in [6.07, 6.45) is 0.650. The van der Waals surface area contributed by atoms with Gasteiger partial charge in [-0.1, -0.05) is 12.1 Å². The number of nitriles is 1. The first-order valence-electron chi connectivity index (χ1n) is 14.2. The molecule has 1 aliphatic rings. The Morgan fingerprint density at radius 3 is 2.62 bits per heavy atom. The normalized spacial score (nSPS) is 14.2. The maximum Gasteiger partial charge on any atom is 0.335 e. The third-order valence-electron chi connectivity index (χ3n) is 7.88. The van der Waals surface area contributed by atoms with Crippen molar-refractivity contribution < 1.29 is 32.9 Å². The van der Waals surface area contributed by atoms with Gasteiger partial charge in [-0.15, -0.1) is 0 Å². The number of hydrogen-bond acceptors (Lipinski definition) is 7. The maximum atomic E-state index is 15.6. The number of aromatic nitrogens is 3. The number of methoxy groups -OCH3 is 1. The molecule has 228 valence electrons. The van der Waals surface area contributed by atoms with E-state index < -0.39 is 17.6 Å². The summed E-state index contributed by atoms with van der Waals surface area (Å²) >= 11 is 0. The van der Waals surface area contributed by atoms with Crippen molar-refractivity contribution >= 4 is 17.0 Å². The molecule has 0 aliphatic carbocycles. The third-order valence-corrected chi connectivity index (χ3v) is 7.88. The molecule has 0 saturated carbocycles. The average Bonchev–Trinajstić information content (AvgIpc) is 3.36. The van der Waals surface area contributed by atoms with Crippen LogP contribution in [0.3, 0.4) is 0 Å². The van der Waals surface area contributed by atoms with Crippen molar-refractivity contribution in [3.8, 4) is 29.0 Å². The second-order valence-electron chi connectivity index (χ2n) is 10.8. The number of nitrogens with zero attached hydrogens (tertiary/aromatic N) is 4. The predicted octanol–water partition coefficient (Wildman–Crippen LogP) is 6.22. The Morgan fingerprint density at radius 1 is 1.11 bits per heavy atom. The van der Waals surface area contributed by atoms with Crippen LogP contribution in [0.5, 0.6) is 11.6 Å². The van der Waals surface area contributed by atoms with Gasteiger partial charge in [-0.3, -0.25) is 0 Å². The van der Waals surface area contributed by atoms with Crippen LogP contribution in [0.25, 0.3) is 22.3 Å². The van der Waals surface area contributed by atoms with Crippen LogP contribution in [0.15, 0.2) is 60.7 Å². The molecule has 2 aromatic heterocycles. The van der Waals surface area contributed by atoms with Crippen molar-refractivity contribution in [3.63, 3.8) is 0 Å². The van der Waals surface area contributed by atoms with Gasteiger partial charge in [0.15, 0.2) is 0 Å². The largest absolute Gasteiger partial charge is 0.494 e. The summed E-state index contributed by atoms with van der Waals surface area (Å²) in [6.45, 7) is 3.06. The standard InChI is InChI=1S/C34H28F2N4O5/c1-19-10-20(16-37)6-7-21(19)18-45-32-5-3-4-28(38-32)25-15-26(35)22(11-27(25)36)14-31-39-33-29(40(31)17-24-8-9-44-24)12-23(34(41)42)13-30(33)43-2/h3-7,10-13,15,24H,8-9,14,17-18H2,1-2H3,(H,41,42)/t24-/m0/s1. The molecule has 3 aromatic carbocycles. The van der Waals surface area contributed by atoms with Gasteiger partial charge in [0.05, 0.1) is 48.2 Å². The number of carboxylic acid groups (broad SMARTS) is 1. The van der Waals surface area contributed by atoms with Crippen LogP contribution < -0.4 is 9.47 Å². The SMILES string of the molecule is COc1cc(C(=O)O)cc2c1nc(Cc1cc(F)c(-c3cccc(OCc4ccc(C#N)cc4C)n3)cc1F)n2C[C@@H]1CCO1. The lowest BCUT2D eigenvalue weighted by Crippen LogP contribution is -2.31. The molecule has 0 bridgehead atoms. The second-order valence-corrected chi connectivity index (χ2v) is 10.8. The Morgan fingerprint density at radius 2 is 1.93 bits per heavy atom. The molecule has 3 heterocycles. The Hall–Kier alpha value is -5.34. The summed E-state index contributed by atoms with van der Waals surface area (Å²) in [4.78, 5) is 20.8. The van der Waals surface area contributed by atoms with E-state index in [1.54, 1.807) is 41.0 Å². The van der Waals surface area contributed by atoms with Crippen LogP contribution in [-0.2, 0) is 24.3 Å². The summed E-state index contributed by atoms with van der Waals surface area (Å²) in [5, 5.41) is 18.7. The molecular weight excluding hydrogens is 582 g/mol. The number of ether oxygens (including phenoxy) is 3. The van der Waals surface area contributed by atoms with E-state index in [0.717, 1.165) is 29.7 Å². The summed E-state index contributed by atoms with van der Waals surface area (Å²) in [5.41, 5.74) is 3.51. The molecule has 9 nitrogen and oxygen atoms in total. The van der Waals surface area contributed by atoms with Crippen LogP contribution in [0.1, 0.15) is 44.9 Å². The van der Waals surface area contributed by atoms with Crippen molar-refractivity contribution in [1.29, 1.82) is 5.26 Å². The highest BCUT2D eigenvalue weighted by Gasteiger charge is 2.25. The van der Waals surface area contributed by atoms with E-state index in [0.29, 0.717) is 35.6 Å². The van der Waals surface area contributed by atoms with Gasteiger partial charge in [0.2, 0.25) is 5.88 Å². The lowest BCUT2D eigenvalue weighted by atomic mass is 10.0. The van der Waals surface area contributed by atoms with E-state index >= 15 is 8.78 Å². The van der Waals surface area contributed by atoms with Gasteiger partial charge in [0, 0.05) is 24.7 Å². The number of hydrogen-bond donors (Lipinski definition) is 1. The first-order chi connectivity index (χ1) is 21.7. The molecule has 11 heteroatoms. The monoisotopic (exact) mass is 610 g/mol. The molecule has 1 fully saturated rings. The highest BCUT2D eigenvalue weighted by molar-refractivity contribution is 5.95. The summed E-state index contributed by atoms with van der Waals surface area (Å²) < 4.78 is 49.8. The molecule has 1 saturated heterocycles. The zero-order chi connectivity index (χ0) is 31.7. The van der Waals surface area contributed by atoms with Crippen LogP contribution in [0.2, 0.25) is 0 Å². The van der Waals surface area contributed by atoms with E-state index in [-0.39, 0.29) is 53.1 Å². The van der Waals surface area contributed by atoms with Gasteiger partial charge in [0.1, 0.15) is 35.3 Å². The topological polar surface area (TPSA) is 119 Å². The lowest BCUT2D eigenvalue weighted by Gasteiger charge is -2.27. The quantitative estimate of drug-likeness (QED) is 0.198. The molecule has 1 atom stereocenters. The zero-order valence-corrected chi connectivity index (χ0v) is 24.5. The number of benzene rings is 3. The summed E-state index contributed by atoms with van der Waals surface area (Å²) in [6, 6.07) is 17.3. The van der Waals surface area contributed by atoms with E-state index in [9.17, 15) is 9.90 Å². The fourth-order valence-electron chi connectivity index (χ4n) is 5.30. The molecule has 1 N–H and O–H groups in total. The highest BCUT2D eigenvalue weighted by Crippen LogP contribution is 2.32. The summed E-state index contributed by atoms with van der Waals surface area (Å²) in [5.74, 6) is -1.52. The molecule has 0 radical (unpaired) electrons. The van der Waals surface area contributed by atoms with E-state index in [1.165, 1.54) is 19.2 Å². The number of pyridine rings is 1. The number of carbonyl (C=O) groups is 1. The number of aryl methyl sites for hydroxylation is 1. The number of carboxylic acids is 1. The van der Waals surface area contributed by atoms with Crippen LogP contribution in [-0.4, -0.2) is 45.4 Å². The zero-order valence-electron chi connectivity index (χ0n) is 24.5. The smallest absolute Gasteiger partial charge is 0.335 e. The molecule has 45 heavy (non-hydrogen) atoms. The molecule has 0 spiro atoms. The second kappa shape index (κ2) is 12.3. The van der Waals surface area contributed by atoms with Gasteiger partial charge >= 0.3 is 5.97 Å². The molecule has 6 rings (SSSR count). The Balaban J connectivity index is 1.29. The van der Waals surface area contributed by atoms with Gasteiger partial charge in [-0.05, 0) is 72.5 Å². The number of imidazole rings is 1. The maximum absolute atomic E-state index is 15.6. The minimum atomic E-state index is -1.12. The molecule has 1 aliphatic heterocycles. The number of halogens is 2. The Labute approximate surface area is 257 Å². The van der Waals surface area contributed by atoms with E-state index in [2.05, 4.69) is 16.0 Å². The molecular formula is C34H28F2N4O5. The lowest BCUT2D eigenvalue weighted by molar-refractivity contribution is -0.0589. The Kier molecular flexibility index (Phi) is 8.15.